The van der Waals surface area contributed by atoms with E-state index in [0.29, 0.717) is 31.6 Å². The molecule has 0 bridgehead atoms. The number of nitrogens with zero attached hydrogens (tertiary/aromatic N) is 2. The maximum Gasteiger partial charge on any atom is 0.413 e. The van der Waals surface area contributed by atoms with Gasteiger partial charge in [0, 0.05) is 25.2 Å². The fraction of sp³-hybridized carbons (Fsp3) is 0.632. The van der Waals surface area contributed by atoms with E-state index in [4.69, 9.17) is 14.0 Å². The number of piperidine rings is 1. The standard InChI is InChI=1S/C19H29N3O7S/c1-19(2,3)28-17(23)21-16-7-5-6-14(20-16)12-15(29-30(4,26)27)13-8-10-22(11-9-13)18(24)25/h5-7,13,15H,8-12H2,1-4H3,(H,24,25)(H,20,21,23). The Morgan fingerprint density at radius 2 is 1.93 bits per heavy atom. The summed E-state index contributed by atoms with van der Waals surface area (Å²) < 4.78 is 34.1. The summed E-state index contributed by atoms with van der Waals surface area (Å²) in [6.07, 6.45) is -0.145. The Morgan fingerprint density at radius 3 is 2.47 bits per heavy atom. The van der Waals surface area contributed by atoms with Crippen LogP contribution in [0.2, 0.25) is 0 Å². The van der Waals surface area contributed by atoms with E-state index in [1.807, 2.05) is 0 Å². The second kappa shape index (κ2) is 9.61. The number of carboxylic acid groups (broad SMARTS) is 1. The average Bonchev–Trinajstić information content (AvgIpc) is 2.58. The highest BCUT2D eigenvalue weighted by Crippen LogP contribution is 2.26. The van der Waals surface area contributed by atoms with Crippen molar-refractivity contribution in [3.63, 3.8) is 0 Å². The molecule has 1 aromatic rings. The molecule has 168 valence electrons. The van der Waals surface area contributed by atoms with Gasteiger partial charge in [0.2, 0.25) is 0 Å². The molecule has 1 saturated heterocycles. The number of hydrogen-bond acceptors (Lipinski definition) is 7. The molecule has 30 heavy (non-hydrogen) atoms. The van der Waals surface area contributed by atoms with E-state index in [1.54, 1.807) is 39.0 Å². The van der Waals surface area contributed by atoms with Crippen molar-refractivity contribution < 1.29 is 32.0 Å². The van der Waals surface area contributed by atoms with Gasteiger partial charge in [0.05, 0.1) is 12.4 Å². The predicted molar refractivity (Wildman–Crippen MR) is 110 cm³/mol. The Labute approximate surface area is 176 Å². The third-order valence-electron chi connectivity index (χ3n) is 4.48. The number of hydrogen-bond donors (Lipinski definition) is 2. The number of likely N-dealkylation sites (tertiary alicyclic amines) is 1. The molecule has 1 aliphatic rings. The van der Waals surface area contributed by atoms with Crippen molar-refractivity contribution in [2.45, 2.75) is 51.7 Å². The van der Waals surface area contributed by atoms with E-state index in [2.05, 4.69) is 10.3 Å². The molecule has 11 heteroatoms. The Hall–Kier alpha value is -2.40. The highest BCUT2D eigenvalue weighted by atomic mass is 32.2. The van der Waals surface area contributed by atoms with Gasteiger partial charge in [0.25, 0.3) is 10.1 Å². The molecule has 1 unspecified atom stereocenters. The third kappa shape index (κ3) is 8.15. The van der Waals surface area contributed by atoms with Crippen molar-refractivity contribution in [1.82, 2.24) is 9.88 Å². The van der Waals surface area contributed by atoms with Gasteiger partial charge in [-0.1, -0.05) is 6.07 Å². The summed E-state index contributed by atoms with van der Waals surface area (Å²) in [5, 5.41) is 11.7. The molecular formula is C19H29N3O7S. The van der Waals surface area contributed by atoms with Crippen LogP contribution in [0.3, 0.4) is 0 Å². The van der Waals surface area contributed by atoms with Crippen LogP contribution in [0.25, 0.3) is 0 Å². The topological polar surface area (TPSA) is 135 Å². The quantitative estimate of drug-likeness (QED) is 0.641. The molecule has 1 atom stereocenters. The zero-order valence-electron chi connectivity index (χ0n) is 17.6. The molecule has 0 spiro atoms. The first kappa shape index (κ1) is 23.9. The molecular weight excluding hydrogens is 414 g/mol. The van der Waals surface area contributed by atoms with E-state index in [0.717, 1.165) is 6.26 Å². The SMILES string of the molecule is CC(C)(C)OC(=O)Nc1cccc(CC(OS(C)(=O)=O)C2CCN(C(=O)O)CC2)n1. The number of ether oxygens (including phenoxy) is 1. The molecule has 1 fully saturated rings. The minimum atomic E-state index is -3.72. The Bertz CT molecular complexity index is 859. The monoisotopic (exact) mass is 443 g/mol. The van der Waals surface area contributed by atoms with Crippen molar-refractivity contribution >= 4 is 28.1 Å². The van der Waals surface area contributed by atoms with Crippen LogP contribution < -0.4 is 5.32 Å². The van der Waals surface area contributed by atoms with Gasteiger partial charge in [-0.2, -0.15) is 8.42 Å². The highest BCUT2D eigenvalue weighted by Gasteiger charge is 2.31. The Balaban J connectivity index is 2.10. The maximum absolute atomic E-state index is 12.0. The minimum Gasteiger partial charge on any atom is -0.465 e. The van der Waals surface area contributed by atoms with Crippen LogP contribution in [0.5, 0.6) is 0 Å². The van der Waals surface area contributed by atoms with Crippen molar-refractivity contribution in [2.75, 3.05) is 24.7 Å². The van der Waals surface area contributed by atoms with Crippen molar-refractivity contribution in [3.05, 3.63) is 23.9 Å². The number of carbonyl (C=O) groups excluding carboxylic acids is 1. The van der Waals surface area contributed by atoms with Crippen LogP contribution in [0.15, 0.2) is 18.2 Å². The Morgan fingerprint density at radius 1 is 1.30 bits per heavy atom. The first-order valence-electron chi connectivity index (χ1n) is 9.64. The summed E-state index contributed by atoms with van der Waals surface area (Å²) in [6.45, 7) is 5.88. The molecule has 0 saturated carbocycles. The molecule has 1 aromatic heterocycles. The molecule has 2 heterocycles. The molecule has 10 nitrogen and oxygen atoms in total. The van der Waals surface area contributed by atoms with E-state index in [-0.39, 0.29) is 18.2 Å². The number of pyridine rings is 1. The van der Waals surface area contributed by atoms with Gasteiger partial charge in [-0.05, 0) is 51.7 Å². The van der Waals surface area contributed by atoms with Gasteiger partial charge in [-0.25, -0.2) is 14.6 Å². The van der Waals surface area contributed by atoms with E-state index in [9.17, 15) is 18.0 Å². The summed E-state index contributed by atoms with van der Waals surface area (Å²) >= 11 is 0. The lowest BCUT2D eigenvalue weighted by Gasteiger charge is -2.34. The molecule has 0 radical (unpaired) electrons. The predicted octanol–water partition coefficient (Wildman–Crippen LogP) is 2.71. The molecule has 0 aliphatic carbocycles. The first-order chi connectivity index (χ1) is 13.8. The zero-order valence-corrected chi connectivity index (χ0v) is 18.4. The summed E-state index contributed by atoms with van der Waals surface area (Å²) in [7, 11) is -3.72. The van der Waals surface area contributed by atoms with Gasteiger partial charge >= 0.3 is 12.2 Å². The number of rotatable bonds is 6. The second-order valence-corrected chi connectivity index (χ2v) is 9.89. The van der Waals surface area contributed by atoms with Crippen LogP contribution in [0.1, 0.15) is 39.3 Å². The smallest absolute Gasteiger partial charge is 0.413 e. The maximum atomic E-state index is 12.0. The Kier molecular flexibility index (Phi) is 7.64. The number of amides is 2. The summed E-state index contributed by atoms with van der Waals surface area (Å²) in [5.41, 5.74) is -0.112. The molecule has 0 aromatic carbocycles. The van der Waals surface area contributed by atoms with Gasteiger partial charge in [0.15, 0.2) is 0 Å². The van der Waals surface area contributed by atoms with Crippen LogP contribution in [-0.4, -0.2) is 66.6 Å². The third-order valence-corrected chi connectivity index (χ3v) is 5.08. The van der Waals surface area contributed by atoms with Crippen LogP contribution in [0, 0.1) is 5.92 Å². The minimum absolute atomic E-state index is 0.139. The van der Waals surface area contributed by atoms with Crippen molar-refractivity contribution in [3.8, 4) is 0 Å². The number of carbonyl (C=O) groups is 2. The fourth-order valence-corrected chi connectivity index (χ4v) is 3.92. The van der Waals surface area contributed by atoms with Gasteiger partial charge < -0.3 is 14.7 Å². The van der Waals surface area contributed by atoms with Crippen LogP contribution >= 0.6 is 0 Å². The highest BCUT2D eigenvalue weighted by molar-refractivity contribution is 7.86. The van der Waals surface area contributed by atoms with E-state index >= 15 is 0 Å². The molecule has 2 amide bonds. The van der Waals surface area contributed by atoms with Crippen molar-refractivity contribution in [1.29, 1.82) is 0 Å². The zero-order chi connectivity index (χ0) is 22.5. The molecule has 2 rings (SSSR count). The molecule has 2 N–H and O–H groups in total. The van der Waals surface area contributed by atoms with E-state index < -0.39 is 34.0 Å². The largest absolute Gasteiger partial charge is 0.465 e. The normalized spacial score (nSPS) is 16.7. The first-order valence-corrected chi connectivity index (χ1v) is 11.5. The van der Waals surface area contributed by atoms with Crippen molar-refractivity contribution in [2.24, 2.45) is 5.92 Å². The van der Waals surface area contributed by atoms with Crippen LogP contribution in [0.4, 0.5) is 15.4 Å². The average molecular weight is 444 g/mol. The fourth-order valence-electron chi connectivity index (χ4n) is 3.24. The van der Waals surface area contributed by atoms with Crippen LogP contribution in [-0.2, 0) is 25.5 Å². The summed E-state index contributed by atoms with van der Waals surface area (Å²) in [5.74, 6) is 0.139. The molecule has 1 aliphatic heterocycles. The van der Waals surface area contributed by atoms with E-state index in [1.165, 1.54) is 4.90 Å². The van der Waals surface area contributed by atoms with Gasteiger partial charge in [-0.15, -0.1) is 0 Å². The van der Waals surface area contributed by atoms with Gasteiger partial charge in [0.1, 0.15) is 11.4 Å². The van der Waals surface area contributed by atoms with Gasteiger partial charge in [-0.3, -0.25) is 9.50 Å². The second-order valence-electron chi connectivity index (χ2n) is 8.29. The summed E-state index contributed by atoms with van der Waals surface area (Å²) in [6, 6.07) is 5.01. The lowest BCUT2D eigenvalue weighted by Crippen LogP contribution is -2.42. The lowest BCUT2D eigenvalue weighted by atomic mass is 9.89. The number of aromatic nitrogens is 1. The lowest BCUT2D eigenvalue weighted by molar-refractivity contribution is 0.0635. The summed E-state index contributed by atoms with van der Waals surface area (Å²) in [4.78, 5) is 28.7. The number of anilines is 1. The number of nitrogens with one attached hydrogen (secondary N) is 1.